The van der Waals surface area contributed by atoms with Crippen LogP contribution in [0.2, 0.25) is 0 Å². The molecule has 8 nitrogen and oxygen atoms in total. The van der Waals surface area contributed by atoms with Crippen LogP contribution in [-0.4, -0.2) is 59.1 Å². The van der Waals surface area contributed by atoms with E-state index in [9.17, 15) is 13.2 Å². The van der Waals surface area contributed by atoms with Crippen LogP contribution >= 0.6 is 11.8 Å². The molecule has 1 aliphatic rings. The van der Waals surface area contributed by atoms with Gasteiger partial charge in [0.05, 0.1) is 18.6 Å². The van der Waals surface area contributed by atoms with Crippen molar-refractivity contribution in [2.24, 2.45) is 5.92 Å². The molecule has 158 valence electrons. The first-order chi connectivity index (χ1) is 13.7. The molecule has 1 aromatic carbocycles. The molecule has 0 bridgehead atoms. The lowest BCUT2D eigenvalue weighted by Gasteiger charge is -2.30. The highest BCUT2D eigenvalue weighted by Gasteiger charge is 2.22. The number of nitrogens with zero attached hydrogens (tertiary/aromatic N) is 4. The summed E-state index contributed by atoms with van der Waals surface area (Å²) in [5.74, 6) is 1.37. The average Bonchev–Trinajstić information content (AvgIpc) is 3.07. The lowest BCUT2D eigenvalue weighted by atomic mass is 10.0. The number of likely N-dealkylation sites (tertiary alicyclic amines) is 1. The molecule has 2 aromatic rings. The number of aromatic nitrogens is 3. The number of aryl methyl sites for hydroxylation is 1. The third-order valence-electron chi connectivity index (χ3n) is 4.82. The summed E-state index contributed by atoms with van der Waals surface area (Å²) in [6.45, 7) is 5.79. The number of carbonyl (C=O) groups is 1. The van der Waals surface area contributed by atoms with E-state index in [1.165, 1.54) is 11.8 Å². The Hall–Kier alpha value is -1.91. The van der Waals surface area contributed by atoms with Crippen LogP contribution in [0.25, 0.3) is 5.69 Å². The van der Waals surface area contributed by atoms with Gasteiger partial charge < -0.3 is 4.90 Å². The molecule has 10 heteroatoms. The molecule has 1 fully saturated rings. The monoisotopic (exact) mass is 437 g/mol. The van der Waals surface area contributed by atoms with Crippen LogP contribution in [0, 0.1) is 12.8 Å². The van der Waals surface area contributed by atoms with E-state index in [2.05, 4.69) is 21.8 Å². The van der Waals surface area contributed by atoms with Gasteiger partial charge in [0.1, 0.15) is 0 Å². The minimum atomic E-state index is -3.36. The van der Waals surface area contributed by atoms with Gasteiger partial charge >= 0.3 is 0 Å². The number of thioether (sulfide) groups is 1. The van der Waals surface area contributed by atoms with Gasteiger partial charge in [0, 0.05) is 18.8 Å². The molecule has 0 unspecified atom stereocenters. The predicted octanol–water partition coefficient (Wildman–Crippen LogP) is 1.98. The number of amides is 1. The molecule has 1 atom stereocenters. The van der Waals surface area contributed by atoms with Gasteiger partial charge in [-0.1, -0.05) is 36.4 Å². The highest BCUT2D eigenvalue weighted by Crippen LogP contribution is 2.24. The second-order valence-electron chi connectivity index (χ2n) is 7.54. The van der Waals surface area contributed by atoms with Crippen LogP contribution in [-0.2, 0) is 21.4 Å². The van der Waals surface area contributed by atoms with Crippen molar-refractivity contribution < 1.29 is 13.2 Å². The zero-order chi connectivity index (χ0) is 21.0. The molecule has 1 N–H and O–H groups in total. The number of hydrogen-bond donors (Lipinski definition) is 1. The van der Waals surface area contributed by atoms with Crippen molar-refractivity contribution in [2.75, 3.05) is 25.1 Å². The Morgan fingerprint density at radius 3 is 2.66 bits per heavy atom. The van der Waals surface area contributed by atoms with E-state index < -0.39 is 10.0 Å². The van der Waals surface area contributed by atoms with Gasteiger partial charge in [0.2, 0.25) is 15.9 Å². The maximum atomic E-state index is 12.6. The molecule has 3 rings (SSSR count). The normalized spacial score (nSPS) is 17.5. The quantitative estimate of drug-likeness (QED) is 0.665. The zero-order valence-corrected chi connectivity index (χ0v) is 18.6. The predicted molar refractivity (Wildman–Crippen MR) is 113 cm³/mol. The number of benzene rings is 1. The summed E-state index contributed by atoms with van der Waals surface area (Å²) >= 11 is 1.32. The van der Waals surface area contributed by atoms with E-state index in [0.717, 1.165) is 43.4 Å². The van der Waals surface area contributed by atoms with Gasteiger partial charge in [-0.25, -0.2) is 13.1 Å². The highest BCUT2D eigenvalue weighted by molar-refractivity contribution is 7.99. The Kier molecular flexibility index (Phi) is 6.97. The molecular weight excluding hydrogens is 410 g/mol. The molecule has 0 saturated carbocycles. The minimum absolute atomic E-state index is 0.0257. The van der Waals surface area contributed by atoms with Crippen LogP contribution in [0.15, 0.2) is 29.4 Å². The van der Waals surface area contributed by atoms with Gasteiger partial charge in [-0.3, -0.25) is 9.36 Å². The Balaban J connectivity index is 1.79. The van der Waals surface area contributed by atoms with Gasteiger partial charge in [0.25, 0.3) is 0 Å². The Morgan fingerprint density at radius 2 is 2.00 bits per heavy atom. The van der Waals surface area contributed by atoms with Crippen molar-refractivity contribution in [1.29, 1.82) is 0 Å². The van der Waals surface area contributed by atoms with Crippen LogP contribution in [0.4, 0.5) is 0 Å². The fourth-order valence-electron chi connectivity index (χ4n) is 3.29. The molecule has 1 aromatic heterocycles. The zero-order valence-electron chi connectivity index (χ0n) is 17.0. The number of nitrogens with one attached hydrogen (secondary N) is 1. The molecular formula is C19H27N5O3S2. The molecule has 29 heavy (non-hydrogen) atoms. The first-order valence-electron chi connectivity index (χ1n) is 9.59. The Morgan fingerprint density at radius 1 is 1.28 bits per heavy atom. The van der Waals surface area contributed by atoms with Crippen molar-refractivity contribution in [3.8, 4) is 5.69 Å². The Bertz CT molecular complexity index is 957. The SMILES string of the molecule is Cc1ccc(-n2c(CNS(C)(=O)=O)nnc2SCC(=O)N2CCC[C@@H](C)C2)cc1. The maximum Gasteiger partial charge on any atom is 0.233 e. The lowest BCUT2D eigenvalue weighted by Crippen LogP contribution is -2.40. The molecule has 2 heterocycles. The summed E-state index contributed by atoms with van der Waals surface area (Å²) < 4.78 is 27.3. The smallest absolute Gasteiger partial charge is 0.233 e. The van der Waals surface area contributed by atoms with E-state index in [1.54, 1.807) is 4.57 Å². The van der Waals surface area contributed by atoms with E-state index >= 15 is 0 Å². The minimum Gasteiger partial charge on any atom is -0.342 e. The Labute approximate surface area is 176 Å². The van der Waals surface area contributed by atoms with Gasteiger partial charge in [-0.2, -0.15) is 0 Å². The van der Waals surface area contributed by atoms with Gasteiger partial charge in [0.15, 0.2) is 11.0 Å². The fraction of sp³-hybridized carbons (Fsp3) is 0.526. The first-order valence-corrected chi connectivity index (χ1v) is 12.5. The van der Waals surface area contributed by atoms with Crippen molar-refractivity contribution in [3.63, 3.8) is 0 Å². The van der Waals surface area contributed by atoms with Gasteiger partial charge in [-0.05, 0) is 37.8 Å². The molecule has 1 aliphatic heterocycles. The summed E-state index contributed by atoms with van der Waals surface area (Å²) in [4.78, 5) is 14.5. The maximum absolute atomic E-state index is 12.6. The van der Waals surface area contributed by atoms with E-state index in [4.69, 9.17) is 0 Å². The summed E-state index contributed by atoms with van der Waals surface area (Å²) in [5.41, 5.74) is 1.94. The second-order valence-corrected chi connectivity index (χ2v) is 10.3. The van der Waals surface area contributed by atoms with Crippen molar-refractivity contribution >= 4 is 27.7 Å². The first kappa shape index (κ1) is 21.8. The summed E-state index contributed by atoms with van der Waals surface area (Å²) in [7, 11) is -3.36. The number of piperidine rings is 1. The highest BCUT2D eigenvalue weighted by atomic mass is 32.2. The van der Waals surface area contributed by atoms with E-state index in [-0.39, 0.29) is 18.2 Å². The summed E-state index contributed by atoms with van der Waals surface area (Å²) in [6.07, 6.45) is 3.31. The molecule has 0 radical (unpaired) electrons. The van der Waals surface area contributed by atoms with Gasteiger partial charge in [-0.15, -0.1) is 10.2 Å². The van der Waals surface area contributed by atoms with E-state index in [0.29, 0.717) is 16.9 Å². The molecule has 1 saturated heterocycles. The lowest BCUT2D eigenvalue weighted by molar-refractivity contribution is -0.130. The van der Waals surface area contributed by atoms with Crippen LogP contribution in [0.5, 0.6) is 0 Å². The number of sulfonamides is 1. The van der Waals surface area contributed by atoms with Crippen LogP contribution in [0.3, 0.4) is 0 Å². The average molecular weight is 438 g/mol. The van der Waals surface area contributed by atoms with Crippen LogP contribution < -0.4 is 4.72 Å². The largest absolute Gasteiger partial charge is 0.342 e. The molecule has 1 amide bonds. The van der Waals surface area contributed by atoms with Crippen molar-refractivity contribution in [3.05, 3.63) is 35.7 Å². The number of carbonyl (C=O) groups excluding carboxylic acids is 1. The van der Waals surface area contributed by atoms with Crippen LogP contribution in [0.1, 0.15) is 31.2 Å². The standard InChI is InChI=1S/C19H27N5O3S2/c1-14-6-8-16(9-7-14)24-17(11-20-29(3,26)27)21-22-19(24)28-13-18(25)23-10-4-5-15(2)12-23/h6-9,15,20H,4-5,10-13H2,1-3H3/t15-/m1/s1. The topological polar surface area (TPSA) is 97.2 Å². The van der Waals surface area contributed by atoms with Crippen molar-refractivity contribution in [2.45, 2.75) is 38.4 Å². The van der Waals surface area contributed by atoms with Crippen molar-refractivity contribution in [1.82, 2.24) is 24.4 Å². The molecule has 0 aliphatic carbocycles. The third-order valence-corrected chi connectivity index (χ3v) is 6.40. The molecule has 0 spiro atoms. The summed E-state index contributed by atoms with van der Waals surface area (Å²) in [6, 6.07) is 7.80. The fourth-order valence-corrected chi connectivity index (χ4v) is 4.56. The second kappa shape index (κ2) is 9.27. The van der Waals surface area contributed by atoms with E-state index in [1.807, 2.05) is 36.1 Å². The summed E-state index contributed by atoms with van der Waals surface area (Å²) in [5, 5.41) is 8.95. The third kappa shape index (κ3) is 6.03. The number of hydrogen-bond acceptors (Lipinski definition) is 6. The number of rotatable bonds is 7.